The number of halogens is 3. The highest BCUT2D eigenvalue weighted by Gasteiger charge is 2.31. The van der Waals surface area contributed by atoms with Gasteiger partial charge in [0.1, 0.15) is 10.7 Å². The van der Waals surface area contributed by atoms with Gasteiger partial charge < -0.3 is 5.32 Å². The number of aryl methyl sites for hydroxylation is 1. The molecule has 2 aromatic carbocycles. The van der Waals surface area contributed by atoms with Gasteiger partial charge in [0.15, 0.2) is 11.6 Å². The van der Waals surface area contributed by atoms with E-state index in [0.29, 0.717) is 25.3 Å². The first-order valence-electron chi connectivity index (χ1n) is 12.3. The Balaban J connectivity index is 1.27. The summed E-state index contributed by atoms with van der Waals surface area (Å²) in [4.78, 5) is -0.316. The molecule has 0 saturated heterocycles. The van der Waals surface area contributed by atoms with Crippen molar-refractivity contribution in [1.29, 1.82) is 0 Å². The van der Waals surface area contributed by atoms with Gasteiger partial charge >= 0.3 is 0 Å². The maximum atomic E-state index is 13.9. The van der Waals surface area contributed by atoms with E-state index in [4.69, 9.17) is 0 Å². The molecule has 0 radical (unpaired) electrons. The maximum Gasteiger partial charge on any atom is 0.243 e. The first kappa shape index (κ1) is 25.9. The van der Waals surface area contributed by atoms with Gasteiger partial charge in [-0.15, -0.1) is 6.58 Å². The van der Waals surface area contributed by atoms with Gasteiger partial charge in [-0.2, -0.15) is 0 Å². The summed E-state index contributed by atoms with van der Waals surface area (Å²) in [7, 11) is -3.87. The lowest BCUT2D eigenvalue weighted by Crippen LogP contribution is -2.41. The highest BCUT2D eigenvalue weighted by atomic mass is 32.2. The van der Waals surface area contributed by atoms with Crippen molar-refractivity contribution in [2.75, 3.05) is 13.1 Å². The molecule has 190 valence electrons. The largest absolute Gasteiger partial charge is 0.313 e. The molecule has 2 aliphatic rings. The molecule has 2 N–H and O–H groups in total. The molecule has 0 heterocycles. The van der Waals surface area contributed by atoms with E-state index < -0.39 is 27.5 Å². The van der Waals surface area contributed by atoms with Crippen LogP contribution in [0.25, 0.3) is 0 Å². The summed E-state index contributed by atoms with van der Waals surface area (Å²) in [5.41, 5.74) is 1.76. The lowest BCUT2D eigenvalue weighted by molar-refractivity contribution is 0.252. The molecule has 2 atom stereocenters. The van der Waals surface area contributed by atoms with Gasteiger partial charge in [0, 0.05) is 18.5 Å². The number of nitrogens with one attached hydrogen (secondary N) is 2. The Hall–Kier alpha value is -2.16. The molecule has 0 bridgehead atoms. The normalized spacial score (nSPS) is 24.7. The fourth-order valence-electron chi connectivity index (χ4n) is 5.53. The Bertz CT molecular complexity index is 1150. The predicted octanol–water partition coefficient (Wildman–Crippen LogP) is 5.45. The van der Waals surface area contributed by atoms with E-state index in [0.717, 1.165) is 55.8 Å². The van der Waals surface area contributed by atoms with Crippen molar-refractivity contribution in [3.05, 3.63) is 77.6 Å². The van der Waals surface area contributed by atoms with Gasteiger partial charge in [0.25, 0.3) is 0 Å². The first-order chi connectivity index (χ1) is 16.8. The summed E-state index contributed by atoms with van der Waals surface area (Å²) >= 11 is 0. The van der Waals surface area contributed by atoms with Crippen molar-refractivity contribution >= 4 is 10.0 Å². The number of allylic oxidation sites excluding steroid dienone is 1. The van der Waals surface area contributed by atoms with E-state index >= 15 is 0 Å². The fraction of sp³-hybridized carbons (Fsp3) is 0.481. The van der Waals surface area contributed by atoms with Crippen molar-refractivity contribution < 1.29 is 21.6 Å². The number of benzene rings is 2. The van der Waals surface area contributed by atoms with Crippen LogP contribution < -0.4 is 10.0 Å². The number of rotatable bonds is 9. The van der Waals surface area contributed by atoms with Gasteiger partial charge in [0.05, 0.1) is 0 Å². The number of hydrogen-bond acceptors (Lipinski definition) is 3. The van der Waals surface area contributed by atoms with E-state index in [1.54, 1.807) is 0 Å². The molecule has 4 nitrogen and oxygen atoms in total. The van der Waals surface area contributed by atoms with Crippen LogP contribution in [0.4, 0.5) is 13.2 Å². The lowest BCUT2D eigenvalue weighted by atomic mass is 9.76. The molecular weight excluding hydrogens is 473 g/mol. The quantitative estimate of drug-likeness (QED) is 0.445. The molecule has 1 saturated carbocycles. The van der Waals surface area contributed by atoms with E-state index in [2.05, 4.69) is 16.6 Å². The molecule has 0 amide bonds. The van der Waals surface area contributed by atoms with Gasteiger partial charge in [-0.05, 0) is 98.7 Å². The predicted molar refractivity (Wildman–Crippen MR) is 131 cm³/mol. The molecule has 2 aromatic rings. The molecular formula is C27H33F3N2O2S. The van der Waals surface area contributed by atoms with Crippen LogP contribution in [-0.2, 0) is 16.4 Å². The molecule has 1 fully saturated rings. The fourth-order valence-corrected chi connectivity index (χ4v) is 6.73. The Morgan fingerprint density at radius 3 is 2.26 bits per heavy atom. The Morgan fingerprint density at radius 1 is 0.914 bits per heavy atom. The van der Waals surface area contributed by atoms with Gasteiger partial charge in [-0.1, -0.05) is 18.2 Å². The lowest BCUT2D eigenvalue weighted by Gasteiger charge is -2.36. The van der Waals surface area contributed by atoms with E-state index in [1.165, 1.54) is 30.3 Å². The number of sulfonamides is 1. The molecule has 0 aliphatic heterocycles. The zero-order valence-electron chi connectivity index (χ0n) is 19.8. The van der Waals surface area contributed by atoms with Crippen molar-refractivity contribution in [3.8, 4) is 0 Å². The summed E-state index contributed by atoms with van der Waals surface area (Å²) < 4.78 is 68.9. The van der Waals surface area contributed by atoms with Crippen LogP contribution in [0, 0.1) is 29.3 Å². The SMILES string of the molecule is C=CCC1c2cc(F)c(F)cc2CCC1NCC1CCC(CNS(=O)(=O)c2ccccc2F)CC1. The minimum absolute atomic E-state index is 0.0653. The van der Waals surface area contributed by atoms with Crippen molar-refractivity contribution in [1.82, 2.24) is 10.0 Å². The Labute approximate surface area is 206 Å². The summed E-state index contributed by atoms with van der Waals surface area (Å²) in [5.74, 6) is -1.58. The second-order valence-electron chi connectivity index (χ2n) is 9.82. The highest BCUT2D eigenvalue weighted by molar-refractivity contribution is 7.89. The molecule has 8 heteroatoms. The van der Waals surface area contributed by atoms with Crippen LogP contribution >= 0.6 is 0 Å². The highest BCUT2D eigenvalue weighted by Crippen LogP contribution is 2.36. The van der Waals surface area contributed by atoms with Crippen LogP contribution in [0.1, 0.15) is 55.6 Å². The molecule has 2 aliphatic carbocycles. The number of hydrogen-bond donors (Lipinski definition) is 2. The Kier molecular flexibility index (Phi) is 8.34. The average Bonchev–Trinajstić information content (AvgIpc) is 2.84. The molecule has 0 aromatic heterocycles. The second-order valence-corrected chi connectivity index (χ2v) is 11.6. The van der Waals surface area contributed by atoms with Gasteiger partial charge in [-0.3, -0.25) is 0 Å². The van der Waals surface area contributed by atoms with Crippen molar-refractivity contribution in [3.63, 3.8) is 0 Å². The molecule has 2 unspecified atom stereocenters. The van der Waals surface area contributed by atoms with Crippen LogP contribution in [0.3, 0.4) is 0 Å². The summed E-state index contributed by atoms with van der Waals surface area (Å²) in [6, 6.07) is 8.25. The third kappa shape index (κ3) is 6.16. The van der Waals surface area contributed by atoms with Crippen molar-refractivity contribution in [2.24, 2.45) is 11.8 Å². The summed E-state index contributed by atoms with van der Waals surface area (Å²) in [6.45, 7) is 5.00. The molecule has 35 heavy (non-hydrogen) atoms. The Morgan fingerprint density at radius 2 is 1.57 bits per heavy atom. The second kappa shape index (κ2) is 11.3. The summed E-state index contributed by atoms with van der Waals surface area (Å²) in [5, 5.41) is 3.68. The van der Waals surface area contributed by atoms with Crippen LogP contribution in [0.2, 0.25) is 0 Å². The van der Waals surface area contributed by atoms with Gasteiger partial charge in [0.2, 0.25) is 10.0 Å². The smallest absolute Gasteiger partial charge is 0.243 e. The molecule has 4 rings (SSSR count). The third-order valence-corrected chi connectivity index (χ3v) is 8.99. The summed E-state index contributed by atoms with van der Waals surface area (Å²) in [6.07, 6.45) is 7.88. The zero-order valence-corrected chi connectivity index (χ0v) is 20.6. The standard InChI is InChI=1S/C27H33F3N2O2S/c1-2-5-21-22-15-25(30)24(29)14-20(22)12-13-26(21)31-16-18-8-10-19(11-9-18)17-32-35(33,34)27-7-4-3-6-23(27)28/h2-4,6-7,14-15,18-19,21,26,31-32H,1,5,8-13,16-17H2. The minimum Gasteiger partial charge on any atom is -0.313 e. The van der Waals surface area contributed by atoms with E-state index in [9.17, 15) is 21.6 Å². The van der Waals surface area contributed by atoms with E-state index in [-0.39, 0.29) is 22.8 Å². The molecule has 0 spiro atoms. The van der Waals surface area contributed by atoms with Gasteiger partial charge in [-0.25, -0.2) is 26.3 Å². The topological polar surface area (TPSA) is 58.2 Å². The average molecular weight is 507 g/mol. The van der Waals surface area contributed by atoms with Crippen LogP contribution in [-0.4, -0.2) is 27.5 Å². The van der Waals surface area contributed by atoms with E-state index in [1.807, 2.05) is 6.08 Å². The third-order valence-electron chi connectivity index (χ3n) is 7.54. The zero-order chi connectivity index (χ0) is 25.0. The minimum atomic E-state index is -3.87. The first-order valence-corrected chi connectivity index (χ1v) is 13.8. The van der Waals surface area contributed by atoms with Crippen LogP contribution in [0.15, 0.2) is 53.9 Å². The van der Waals surface area contributed by atoms with Crippen molar-refractivity contribution in [2.45, 2.75) is 61.8 Å². The maximum absolute atomic E-state index is 13.9. The number of fused-ring (bicyclic) bond motifs is 1. The van der Waals surface area contributed by atoms with Crippen LogP contribution in [0.5, 0.6) is 0 Å². The monoisotopic (exact) mass is 506 g/mol.